The molecule has 2 N–H and O–H groups in total. The Hall–Kier alpha value is -3.36. The molecule has 0 atom stereocenters. The smallest absolute Gasteiger partial charge is 0.328 e. The molecule has 2 aliphatic rings. The summed E-state index contributed by atoms with van der Waals surface area (Å²) in [7, 11) is 0. The average Bonchev–Trinajstić information content (AvgIpc) is 2.83. The first kappa shape index (κ1) is 21.9. The van der Waals surface area contributed by atoms with Gasteiger partial charge in [-0.2, -0.15) is 0 Å². The zero-order valence-corrected chi connectivity index (χ0v) is 18.1. The summed E-state index contributed by atoms with van der Waals surface area (Å²) in [6.45, 7) is 2.87. The number of carbonyl (C=O) groups excluding carboxylic acids is 2. The Bertz CT molecular complexity index is 1080. The standard InChI is InChI=1S/C23H29N5O4/c29-20(10-11-28-19-9-5-4-8-18(19)22(31)25-23(28)32)24-16-21(30)27-14-12-26(13-15-27)17-6-2-1-3-7-17/h1-3,6-7H,4-5,8-16H2,(H,24,29)(H,25,31,32). The number of aromatic nitrogens is 2. The number of rotatable bonds is 6. The molecule has 0 radical (unpaired) electrons. The molecule has 9 nitrogen and oxygen atoms in total. The van der Waals surface area contributed by atoms with E-state index in [9.17, 15) is 19.2 Å². The van der Waals surface area contributed by atoms with Gasteiger partial charge in [0.15, 0.2) is 0 Å². The van der Waals surface area contributed by atoms with Crippen molar-refractivity contribution in [2.75, 3.05) is 37.6 Å². The summed E-state index contributed by atoms with van der Waals surface area (Å²) in [5.41, 5.74) is 1.75. The number of hydrogen-bond acceptors (Lipinski definition) is 5. The van der Waals surface area contributed by atoms with Gasteiger partial charge in [-0.3, -0.25) is 23.9 Å². The highest BCUT2D eigenvalue weighted by Crippen LogP contribution is 2.17. The van der Waals surface area contributed by atoms with Gasteiger partial charge in [-0.15, -0.1) is 0 Å². The Morgan fingerprint density at radius 3 is 2.44 bits per heavy atom. The highest BCUT2D eigenvalue weighted by Gasteiger charge is 2.22. The van der Waals surface area contributed by atoms with Crippen LogP contribution in [0.2, 0.25) is 0 Å². The molecule has 1 aliphatic carbocycles. The fourth-order valence-corrected chi connectivity index (χ4v) is 4.47. The first-order valence-corrected chi connectivity index (χ1v) is 11.2. The topological polar surface area (TPSA) is 108 Å². The lowest BCUT2D eigenvalue weighted by molar-refractivity contribution is -0.133. The Morgan fingerprint density at radius 1 is 0.969 bits per heavy atom. The maximum atomic E-state index is 12.5. The molecule has 1 saturated heterocycles. The van der Waals surface area contributed by atoms with Crippen molar-refractivity contribution in [1.29, 1.82) is 0 Å². The van der Waals surface area contributed by atoms with Gasteiger partial charge in [-0.05, 0) is 37.8 Å². The summed E-state index contributed by atoms with van der Waals surface area (Å²) >= 11 is 0. The SMILES string of the molecule is O=C(CCn1c2c(c(=O)[nH]c1=O)CCCC2)NCC(=O)N1CCN(c2ccccc2)CC1. The van der Waals surface area contributed by atoms with Crippen LogP contribution in [0.3, 0.4) is 0 Å². The monoisotopic (exact) mass is 439 g/mol. The van der Waals surface area contributed by atoms with Crippen molar-refractivity contribution in [1.82, 2.24) is 19.8 Å². The Kier molecular flexibility index (Phi) is 6.72. The van der Waals surface area contributed by atoms with E-state index < -0.39 is 5.69 Å². The van der Waals surface area contributed by atoms with Crippen molar-refractivity contribution < 1.29 is 9.59 Å². The molecule has 1 aromatic carbocycles. The van der Waals surface area contributed by atoms with E-state index >= 15 is 0 Å². The minimum absolute atomic E-state index is 0.0528. The molecule has 4 rings (SSSR count). The summed E-state index contributed by atoms with van der Waals surface area (Å²) in [5, 5.41) is 2.67. The van der Waals surface area contributed by atoms with Crippen LogP contribution in [-0.2, 0) is 29.0 Å². The second-order valence-electron chi connectivity index (χ2n) is 8.27. The lowest BCUT2D eigenvalue weighted by atomic mass is 9.97. The number of fused-ring (bicyclic) bond motifs is 1. The Morgan fingerprint density at radius 2 is 1.69 bits per heavy atom. The molecule has 2 heterocycles. The third-order valence-corrected chi connectivity index (χ3v) is 6.26. The van der Waals surface area contributed by atoms with Crippen LogP contribution in [0, 0.1) is 0 Å². The number of anilines is 1. The molecule has 2 aromatic rings. The predicted molar refractivity (Wildman–Crippen MR) is 121 cm³/mol. The van der Waals surface area contributed by atoms with Crippen LogP contribution in [-0.4, -0.2) is 59.0 Å². The molecular formula is C23H29N5O4. The zero-order chi connectivity index (χ0) is 22.5. The van der Waals surface area contributed by atoms with Gasteiger partial charge in [0.2, 0.25) is 11.8 Å². The number of nitrogens with one attached hydrogen (secondary N) is 2. The molecule has 0 bridgehead atoms. The summed E-state index contributed by atoms with van der Waals surface area (Å²) < 4.78 is 1.50. The highest BCUT2D eigenvalue weighted by atomic mass is 16.2. The van der Waals surface area contributed by atoms with E-state index in [0.29, 0.717) is 31.5 Å². The van der Waals surface area contributed by atoms with Crippen molar-refractivity contribution in [2.24, 2.45) is 0 Å². The van der Waals surface area contributed by atoms with Crippen molar-refractivity contribution in [3.8, 4) is 0 Å². The molecule has 1 aromatic heterocycles. The molecule has 0 spiro atoms. The molecule has 0 unspecified atom stereocenters. The number of H-pyrrole nitrogens is 1. The quantitative estimate of drug-likeness (QED) is 0.672. The van der Waals surface area contributed by atoms with Crippen LogP contribution in [0.25, 0.3) is 0 Å². The third kappa shape index (κ3) is 4.92. The molecule has 32 heavy (non-hydrogen) atoms. The van der Waals surface area contributed by atoms with E-state index in [1.54, 1.807) is 4.90 Å². The lowest BCUT2D eigenvalue weighted by Crippen LogP contribution is -2.51. The molecule has 9 heteroatoms. The maximum Gasteiger partial charge on any atom is 0.328 e. The van der Waals surface area contributed by atoms with Gasteiger partial charge in [0.05, 0.1) is 6.54 Å². The lowest BCUT2D eigenvalue weighted by Gasteiger charge is -2.36. The first-order chi connectivity index (χ1) is 15.5. The Labute approximate surface area is 186 Å². The van der Waals surface area contributed by atoms with Crippen LogP contribution >= 0.6 is 0 Å². The highest BCUT2D eigenvalue weighted by molar-refractivity contribution is 5.84. The summed E-state index contributed by atoms with van der Waals surface area (Å²) in [6, 6.07) is 10.1. The van der Waals surface area contributed by atoms with Crippen LogP contribution in [0.1, 0.15) is 30.5 Å². The number of aromatic amines is 1. The first-order valence-electron chi connectivity index (χ1n) is 11.2. The molecule has 1 fully saturated rings. The van der Waals surface area contributed by atoms with Gasteiger partial charge < -0.3 is 15.1 Å². The summed E-state index contributed by atoms with van der Waals surface area (Å²) in [4.78, 5) is 55.4. The third-order valence-electron chi connectivity index (χ3n) is 6.26. The van der Waals surface area contributed by atoms with Crippen molar-refractivity contribution in [2.45, 2.75) is 38.6 Å². The van der Waals surface area contributed by atoms with Gasteiger partial charge in [0, 0.05) is 56.1 Å². The largest absolute Gasteiger partial charge is 0.368 e. The average molecular weight is 440 g/mol. The van der Waals surface area contributed by atoms with Gasteiger partial charge in [-0.25, -0.2) is 4.79 Å². The van der Waals surface area contributed by atoms with Crippen LogP contribution in [0.5, 0.6) is 0 Å². The number of hydrogen-bond donors (Lipinski definition) is 2. The maximum absolute atomic E-state index is 12.5. The fourth-order valence-electron chi connectivity index (χ4n) is 4.47. The molecule has 170 valence electrons. The predicted octanol–water partition coefficient (Wildman–Crippen LogP) is 0.271. The van der Waals surface area contributed by atoms with Crippen LogP contribution in [0.15, 0.2) is 39.9 Å². The molecule has 2 amide bonds. The zero-order valence-electron chi connectivity index (χ0n) is 18.1. The Balaban J connectivity index is 1.25. The number of piperazine rings is 1. The van der Waals surface area contributed by atoms with Gasteiger partial charge >= 0.3 is 5.69 Å². The van der Waals surface area contributed by atoms with Crippen LogP contribution < -0.4 is 21.5 Å². The summed E-state index contributed by atoms with van der Waals surface area (Å²) in [6.07, 6.45) is 3.25. The normalized spacial score (nSPS) is 15.9. The van der Waals surface area contributed by atoms with Gasteiger partial charge in [0.1, 0.15) is 0 Å². The van der Waals surface area contributed by atoms with E-state index in [1.165, 1.54) is 4.57 Å². The van der Waals surface area contributed by atoms with Crippen molar-refractivity contribution >= 4 is 17.5 Å². The number of para-hydroxylation sites is 1. The number of benzene rings is 1. The fraction of sp³-hybridized carbons (Fsp3) is 0.478. The van der Waals surface area contributed by atoms with Crippen molar-refractivity contribution in [3.05, 3.63) is 62.4 Å². The second-order valence-corrected chi connectivity index (χ2v) is 8.27. The number of carbonyl (C=O) groups is 2. The summed E-state index contributed by atoms with van der Waals surface area (Å²) in [5.74, 6) is -0.395. The number of amides is 2. The molecule has 1 aliphatic heterocycles. The van der Waals surface area contributed by atoms with Gasteiger partial charge in [0.25, 0.3) is 5.56 Å². The van der Waals surface area contributed by atoms with E-state index in [0.717, 1.165) is 37.3 Å². The van der Waals surface area contributed by atoms with Gasteiger partial charge in [-0.1, -0.05) is 18.2 Å². The molecule has 0 saturated carbocycles. The molecular weight excluding hydrogens is 410 g/mol. The van der Waals surface area contributed by atoms with Crippen molar-refractivity contribution in [3.63, 3.8) is 0 Å². The van der Waals surface area contributed by atoms with E-state index in [-0.39, 0.29) is 36.9 Å². The minimum atomic E-state index is -0.476. The second kappa shape index (κ2) is 9.84. The van der Waals surface area contributed by atoms with E-state index in [2.05, 4.69) is 27.3 Å². The van der Waals surface area contributed by atoms with E-state index in [4.69, 9.17) is 0 Å². The number of nitrogens with zero attached hydrogens (tertiary/aromatic N) is 3. The minimum Gasteiger partial charge on any atom is -0.368 e. The van der Waals surface area contributed by atoms with Crippen LogP contribution in [0.4, 0.5) is 5.69 Å². The van der Waals surface area contributed by atoms with E-state index in [1.807, 2.05) is 18.2 Å².